The van der Waals surface area contributed by atoms with E-state index in [9.17, 15) is 4.79 Å². The van der Waals surface area contributed by atoms with Crippen molar-refractivity contribution in [1.29, 1.82) is 0 Å². The Labute approximate surface area is 112 Å². The molecule has 0 radical (unpaired) electrons. The second-order valence-electron chi connectivity index (χ2n) is 3.61. The summed E-state index contributed by atoms with van der Waals surface area (Å²) in [6.45, 7) is 1.95. The number of ketones is 1. The number of methoxy groups -OCH3 is 1. The van der Waals surface area contributed by atoms with E-state index in [2.05, 4.69) is 15.9 Å². The van der Waals surface area contributed by atoms with Crippen molar-refractivity contribution in [2.75, 3.05) is 7.11 Å². The molecule has 2 aromatic rings. The highest BCUT2D eigenvalue weighted by Crippen LogP contribution is 2.27. The van der Waals surface area contributed by atoms with E-state index in [0.29, 0.717) is 5.56 Å². The van der Waals surface area contributed by atoms with Crippen molar-refractivity contribution in [3.05, 3.63) is 50.1 Å². The van der Waals surface area contributed by atoms with Crippen LogP contribution in [0.3, 0.4) is 0 Å². The summed E-state index contributed by atoms with van der Waals surface area (Å²) in [6.07, 6.45) is 0. The zero-order chi connectivity index (χ0) is 12.4. The first-order valence-electron chi connectivity index (χ1n) is 5.06. The molecule has 0 saturated carbocycles. The standard InChI is InChI=1S/C13H11BrO2S/c1-8-3-4-9(7-11(8)16-2)12(15)13-10(14)5-6-17-13/h3-7H,1-2H3. The Morgan fingerprint density at radius 2 is 2.12 bits per heavy atom. The monoisotopic (exact) mass is 310 g/mol. The molecule has 0 saturated heterocycles. The van der Waals surface area contributed by atoms with Gasteiger partial charge in [0, 0.05) is 10.0 Å². The highest BCUT2D eigenvalue weighted by atomic mass is 79.9. The minimum atomic E-state index is 0.0187. The molecule has 17 heavy (non-hydrogen) atoms. The molecule has 0 unspecified atom stereocenters. The minimum absolute atomic E-state index is 0.0187. The van der Waals surface area contributed by atoms with Gasteiger partial charge in [0.25, 0.3) is 0 Å². The molecule has 0 aliphatic heterocycles. The van der Waals surface area contributed by atoms with Gasteiger partial charge in [-0.05, 0) is 45.9 Å². The van der Waals surface area contributed by atoms with Crippen LogP contribution in [0.5, 0.6) is 5.75 Å². The summed E-state index contributed by atoms with van der Waals surface area (Å²) in [4.78, 5) is 13.0. The van der Waals surface area contributed by atoms with Crippen molar-refractivity contribution in [3.8, 4) is 5.75 Å². The fourth-order valence-electron chi connectivity index (χ4n) is 1.55. The van der Waals surface area contributed by atoms with Crippen molar-refractivity contribution < 1.29 is 9.53 Å². The zero-order valence-corrected chi connectivity index (χ0v) is 11.9. The molecule has 1 aromatic heterocycles. The summed E-state index contributed by atoms with van der Waals surface area (Å²) in [5.74, 6) is 0.758. The van der Waals surface area contributed by atoms with Crippen LogP contribution in [0.1, 0.15) is 20.8 Å². The van der Waals surface area contributed by atoms with Gasteiger partial charge in [-0.25, -0.2) is 0 Å². The maximum absolute atomic E-state index is 12.2. The molecule has 0 N–H and O–H groups in total. The van der Waals surface area contributed by atoms with Crippen LogP contribution >= 0.6 is 27.3 Å². The topological polar surface area (TPSA) is 26.3 Å². The normalized spacial score (nSPS) is 10.3. The Morgan fingerprint density at radius 1 is 1.35 bits per heavy atom. The third-order valence-corrected chi connectivity index (χ3v) is 4.33. The number of benzene rings is 1. The lowest BCUT2D eigenvalue weighted by atomic mass is 10.1. The Balaban J connectivity index is 2.41. The lowest BCUT2D eigenvalue weighted by Gasteiger charge is -2.06. The molecule has 0 atom stereocenters. The van der Waals surface area contributed by atoms with Crippen LogP contribution in [0, 0.1) is 6.92 Å². The lowest BCUT2D eigenvalue weighted by molar-refractivity contribution is 0.104. The number of rotatable bonds is 3. The van der Waals surface area contributed by atoms with Crippen LogP contribution in [-0.2, 0) is 0 Å². The predicted molar refractivity (Wildman–Crippen MR) is 73.2 cm³/mol. The predicted octanol–water partition coefficient (Wildman–Crippen LogP) is 4.06. The van der Waals surface area contributed by atoms with Gasteiger partial charge >= 0.3 is 0 Å². The number of aryl methyl sites for hydroxylation is 1. The largest absolute Gasteiger partial charge is 0.496 e. The first-order chi connectivity index (χ1) is 8.13. The van der Waals surface area contributed by atoms with Crippen LogP contribution in [0.15, 0.2) is 34.1 Å². The quantitative estimate of drug-likeness (QED) is 0.799. The molecule has 0 aliphatic carbocycles. The van der Waals surface area contributed by atoms with E-state index in [1.54, 1.807) is 13.2 Å². The number of ether oxygens (including phenoxy) is 1. The summed E-state index contributed by atoms with van der Waals surface area (Å²) in [6, 6.07) is 7.38. The van der Waals surface area contributed by atoms with Gasteiger partial charge in [0.2, 0.25) is 5.78 Å². The molecule has 1 heterocycles. The first kappa shape index (κ1) is 12.3. The molecule has 0 bridgehead atoms. The fraction of sp³-hybridized carbons (Fsp3) is 0.154. The third kappa shape index (κ3) is 2.42. The highest BCUT2D eigenvalue weighted by Gasteiger charge is 2.15. The summed E-state index contributed by atoms with van der Waals surface area (Å²) >= 11 is 4.81. The molecule has 0 spiro atoms. The van der Waals surface area contributed by atoms with E-state index < -0.39 is 0 Å². The van der Waals surface area contributed by atoms with Crippen molar-refractivity contribution in [1.82, 2.24) is 0 Å². The maximum atomic E-state index is 12.2. The average molecular weight is 311 g/mol. The van der Waals surface area contributed by atoms with Gasteiger partial charge in [0.1, 0.15) is 5.75 Å². The van der Waals surface area contributed by atoms with Crippen molar-refractivity contribution in [2.45, 2.75) is 6.92 Å². The highest BCUT2D eigenvalue weighted by molar-refractivity contribution is 9.10. The van der Waals surface area contributed by atoms with E-state index in [0.717, 1.165) is 20.7 Å². The number of carbonyl (C=O) groups is 1. The lowest BCUT2D eigenvalue weighted by Crippen LogP contribution is -2.00. The maximum Gasteiger partial charge on any atom is 0.204 e. The number of hydrogen-bond donors (Lipinski definition) is 0. The van der Waals surface area contributed by atoms with Gasteiger partial charge in [-0.3, -0.25) is 4.79 Å². The second kappa shape index (κ2) is 5.02. The van der Waals surface area contributed by atoms with Crippen LogP contribution in [-0.4, -0.2) is 12.9 Å². The molecular formula is C13H11BrO2S. The van der Waals surface area contributed by atoms with E-state index >= 15 is 0 Å². The number of carbonyl (C=O) groups excluding carboxylic acids is 1. The second-order valence-corrected chi connectivity index (χ2v) is 5.38. The van der Waals surface area contributed by atoms with Crippen LogP contribution < -0.4 is 4.74 Å². The van der Waals surface area contributed by atoms with Crippen LogP contribution in [0.25, 0.3) is 0 Å². The molecule has 0 fully saturated rings. The van der Waals surface area contributed by atoms with Gasteiger partial charge in [-0.2, -0.15) is 0 Å². The third-order valence-electron chi connectivity index (χ3n) is 2.49. The number of halogens is 1. The Morgan fingerprint density at radius 3 is 2.71 bits per heavy atom. The summed E-state index contributed by atoms with van der Waals surface area (Å²) < 4.78 is 6.06. The molecular weight excluding hydrogens is 300 g/mol. The first-order valence-corrected chi connectivity index (χ1v) is 6.73. The Hall–Kier alpha value is -1.13. The minimum Gasteiger partial charge on any atom is -0.496 e. The van der Waals surface area contributed by atoms with Gasteiger partial charge < -0.3 is 4.74 Å². The number of hydrogen-bond acceptors (Lipinski definition) is 3. The smallest absolute Gasteiger partial charge is 0.204 e. The van der Waals surface area contributed by atoms with Crippen molar-refractivity contribution in [2.24, 2.45) is 0 Å². The SMILES string of the molecule is COc1cc(C(=O)c2sccc2Br)ccc1C. The average Bonchev–Trinajstić information content (AvgIpc) is 2.75. The Kier molecular flexibility index (Phi) is 3.64. The molecule has 0 aliphatic rings. The van der Waals surface area contributed by atoms with E-state index in [4.69, 9.17) is 4.74 Å². The van der Waals surface area contributed by atoms with Gasteiger partial charge in [0.15, 0.2) is 0 Å². The van der Waals surface area contributed by atoms with Crippen molar-refractivity contribution in [3.63, 3.8) is 0 Å². The molecule has 2 nitrogen and oxygen atoms in total. The van der Waals surface area contributed by atoms with Gasteiger partial charge in [-0.15, -0.1) is 11.3 Å². The summed E-state index contributed by atoms with van der Waals surface area (Å²) in [5, 5.41) is 1.89. The van der Waals surface area contributed by atoms with Gasteiger partial charge in [0.05, 0.1) is 12.0 Å². The Bertz CT molecular complexity index is 560. The molecule has 0 amide bonds. The zero-order valence-electron chi connectivity index (χ0n) is 9.49. The van der Waals surface area contributed by atoms with Crippen LogP contribution in [0.2, 0.25) is 0 Å². The van der Waals surface area contributed by atoms with Crippen LogP contribution in [0.4, 0.5) is 0 Å². The summed E-state index contributed by atoms with van der Waals surface area (Å²) in [5.41, 5.74) is 1.67. The fourth-order valence-corrected chi connectivity index (χ4v) is 3.06. The molecule has 1 aromatic carbocycles. The molecule has 2 rings (SSSR count). The van der Waals surface area contributed by atoms with E-state index in [1.165, 1.54) is 11.3 Å². The van der Waals surface area contributed by atoms with E-state index in [-0.39, 0.29) is 5.78 Å². The van der Waals surface area contributed by atoms with Gasteiger partial charge in [-0.1, -0.05) is 12.1 Å². The molecule has 4 heteroatoms. The van der Waals surface area contributed by atoms with Crippen molar-refractivity contribution >= 4 is 33.0 Å². The number of thiophene rings is 1. The summed E-state index contributed by atoms with van der Waals surface area (Å²) in [7, 11) is 1.61. The van der Waals surface area contributed by atoms with E-state index in [1.807, 2.05) is 30.5 Å². The molecule has 88 valence electrons.